The van der Waals surface area contributed by atoms with E-state index >= 15 is 0 Å². The van der Waals surface area contributed by atoms with Gasteiger partial charge in [0.05, 0.1) is 0 Å². The second kappa shape index (κ2) is 4.40. The van der Waals surface area contributed by atoms with E-state index in [0.717, 1.165) is 0 Å². The Labute approximate surface area is 76.3 Å². The van der Waals surface area contributed by atoms with Gasteiger partial charge in [-0.1, -0.05) is 6.08 Å². The molecule has 13 heavy (non-hydrogen) atoms. The summed E-state index contributed by atoms with van der Waals surface area (Å²) in [6, 6.07) is 5.73. The minimum atomic E-state index is -0.312. The van der Waals surface area contributed by atoms with Crippen molar-refractivity contribution >= 4 is 12.1 Å². The number of halogens is 1. The van der Waals surface area contributed by atoms with Crippen molar-refractivity contribution in [1.82, 2.24) is 0 Å². The fraction of sp³-hybridized carbons (Fsp3) is 0.100. The monoisotopic (exact) mass is 179 g/mol. The lowest BCUT2D eigenvalue weighted by molar-refractivity contribution is -0.107. The van der Waals surface area contributed by atoms with E-state index in [9.17, 15) is 9.18 Å². The Balaban J connectivity index is 2.84. The molecule has 1 amide bonds. The third-order valence-electron chi connectivity index (χ3n) is 1.61. The molecule has 0 saturated heterocycles. The largest absolute Gasteiger partial charge is 0.311 e. The van der Waals surface area contributed by atoms with Crippen LogP contribution in [0.5, 0.6) is 0 Å². The molecule has 0 atom stereocenters. The Bertz CT molecular complexity index is 294. The smallest absolute Gasteiger partial charge is 0.214 e. The first-order chi connectivity index (χ1) is 6.27. The normalized spacial score (nSPS) is 9.31. The van der Waals surface area contributed by atoms with Crippen molar-refractivity contribution in [1.29, 1.82) is 0 Å². The molecular weight excluding hydrogens is 169 g/mol. The fourth-order valence-corrected chi connectivity index (χ4v) is 0.981. The molecular formula is C10H10FNO. The van der Waals surface area contributed by atoms with E-state index in [4.69, 9.17) is 0 Å². The summed E-state index contributed by atoms with van der Waals surface area (Å²) in [5.41, 5.74) is 0.663. The van der Waals surface area contributed by atoms with Crippen LogP contribution in [0.3, 0.4) is 0 Å². The van der Waals surface area contributed by atoms with Crippen LogP contribution in [0.15, 0.2) is 36.9 Å². The van der Waals surface area contributed by atoms with Gasteiger partial charge in [-0.3, -0.25) is 4.79 Å². The minimum absolute atomic E-state index is 0.312. The third kappa shape index (κ3) is 2.40. The van der Waals surface area contributed by atoms with Crippen molar-refractivity contribution < 1.29 is 9.18 Å². The van der Waals surface area contributed by atoms with E-state index in [2.05, 4.69) is 6.58 Å². The van der Waals surface area contributed by atoms with E-state index in [1.807, 2.05) is 0 Å². The van der Waals surface area contributed by atoms with E-state index in [1.54, 1.807) is 18.2 Å². The predicted molar refractivity (Wildman–Crippen MR) is 50.0 cm³/mol. The van der Waals surface area contributed by atoms with Gasteiger partial charge < -0.3 is 4.90 Å². The summed E-state index contributed by atoms with van der Waals surface area (Å²) >= 11 is 0. The molecule has 0 bridgehead atoms. The highest BCUT2D eigenvalue weighted by Crippen LogP contribution is 2.12. The number of amides is 1. The maximum atomic E-state index is 12.5. The average Bonchev–Trinajstić information content (AvgIpc) is 2.16. The van der Waals surface area contributed by atoms with Crippen LogP contribution in [-0.2, 0) is 4.79 Å². The van der Waals surface area contributed by atoms with Gasteiger partial charge in [0.1, 0.15) is 5.82 Å². The maximum absolute atomic E-state index is 12.5. The molecule has 68 valence electrons. The molecule has 1 rings (SSSR count). The predicted octanol–water partition coefficient (Wildman–Crippen LogP) is 1.97. The lowest BCUT2D eigenvalue weighted by Gasteiger charge is -2.14. The van der Waals surface area contributed by atoms with E-state index in [1.165, 1.54) is 17.0 Å². The summed E-state index contributed by atoms with van der Waals surface area (Å²) in [7, 11) is 0. The van der Waals surface area contributed by atoms with Gasteiger partial charge >= 0.3 is 0 Å². The van der Waals surface area contributed by atoms with Crippen LogP contribution in [0.1, 0.15) is 0 Å². The Hall–Kier alpha value is -1.64. The molecule has 0 heterocycles. The molecule has 0 aliphatic carbocycles. The van der Waals surface area contributed by atoms with Gasteiger partial charge in [-0.2, -0.15) is 0 Å². The summed E-state index contributed by atoms with van der Waals surface area (Å²) in [5.74, 6) is -0.312. The quantitative estimate of drug-likeness (QED) is 0.511. The van der Waals surface area contributed by atoms with Gasteiger partial charge in [0.15, 0.2) is 0 Å². The van der Waals surface area contributed by atoms with Crippen LogP contribution in [0.4, 0.5) is 10.1 Å². The van der Waals surface area contributed by atoms with Crippen LogP contribution in [0.25, 0.3) is 0 Å². The number of nitrogens with zero attached hydrogens (tertiary/aromatic N) is 1. The molecule has 0 radical (unpaired) electrons. The number of anilines is 1. The van der Waals surface area contributed by atoms with Crippen LogP contribution in [-0.4, -0.2) is 13.0 Å². The third-order valence-corrected chi connectivity index (χ3v) is 1.61. The van der Waals surface area contributed by atoms with Gasteiger partial charge in [-0.25, -0.2) is 4.39 Å². The molecule has 0 saturated carbocycles. The lowest BCUT2D eigenvalue weighted by atomic mass is 10.3. The summed E-state index contributed by atoms with van der Waals surface area (Å²) < 4.78 is 12.5. The summed E-state index contributed by atoms with van der Waals surface area (Å²) in [6.45, 7) is 3.94. The molecule has 0 unspecified atom stereocenters. The average molecular weight is 179 g/mol. The maximum Gasteiger partial charge on any atom is 0.214 e. The van der Waals surface area contributed by atoms with Gasteiger partial charge in [-0.05, 0) is 24.3 Å². The number of rotatable bonds is 4. The van der Waals surface area contributed by atoms with Crippen LogP contribution >= 0.6 is 0 Å². The van der Waals surface area contributed by atoms with Crippen molar-refractivity contribution in [3.05, 3.63) is 42.7 Å². The topological polar surface area (TPSA) is 20.3 Å². The van der Waals surface area contributed by atoms with Gasteiger partial charge in [0.25, 0.3) is 0 Å². The highest BCUT2D eigenvalue weighted by molar-refractivity contribution is 5.75. The second-order valence-corrected chi connectivity index (χ2v) is 2.52. The van der Waals surface area contributed by atoms with Gasteiger partial charge in [0.2, 0.25) is 6.41 Å². The molecule has 0 aliphatic rings. The summed E-state index contributed by atoms with van der Waals surface area (Å²) in [6.07, 6.45) is 2.30. The molecule has 0 aromatic heterocycles. The first kappa shape index (κ1) is 9.45. The zero-order valence-corrected chi connectivity index (χ0v) is 7.11. The van der Waals surface area contributed by atoms with Crippen molar-refractivity contribution in [2.45, 2.75) is 0 Å². The first-order valence-electron chi connectivity index (χ1n) is 3.86. The van der Waals surface area contributed by atoms with Crippen molar-refractivity contribution in [3.63, 3.8) is 0 Å². The van der Waals surface area contributed by atoms with Crippen LogP contribution < -0.4 is 4.90 Å². The number of hydrogen-bond acceptors (Lipinski definition) is 1. The molecule has 0 fully saturated rings. The highest BCUT2D eigenvalue weighted by Gasteiger charge is 2.01. The van der Waals surface area contributed by atoms with E-state index in [0.29, 0.717) is 18.6 Å². The SMILES string of the molecule is C=CCN(C=O)c1ccc(F)cc1. The molecule has 1 aromatic rings. The Morgan fingerprint density at radius 3 is 2.46 bits per heavy atom. The second-order valence-electron chi connectivity index (χ2n) is 2.52. The summed E-state index contributed by atoms with van der Waals surface area (Å²) in [5, 5.41) is 0. The van der Waals surface area contributed by atoms with Crippen molar-refractivity contribution in [2.24, 2.45) is 0 Å². The zero-order chi connectivity index (χ0) is 9.68. The molecule has 3 heteroatoms. The van der Waals surface area contributed by atoms with Crippen molar-refractivity contribution in [3.8, 4) is 0 Å². The van der Waals surface area contributed by atoms with Crippen LogP contribution in [0, 0.1) is 5.82 Å². The number of carbonyl (C=O) groups excluding carboxylic acids is 1. The fourth-order valence-electron chi connectivity index (χ4n) is 0.981. The standard InChI is InChI=1S/C10H10FNO/c1-2-7-12(8-13)10-5-3-9(11)4-6-10/h2-6,8H,1,7H2. The highest BCUT2D eigenvalue weighted by atomic mass is 19.1. The number of hydrogen-bond donors (Lipinski definition) is 0. The Morgan fingerprint density at radius 2 is 2.00 bits per heavy atom. The van der Waals surface area contributed by atoms with E-state index in [-0.39, 0.29) is 5.82 Å². The summed E-state index contributed by atoms with van der Waals surface area (Å²) in [4.78, 5) is 12.0. The minimum Gasteiger partial charge on any atom is -0.311 e. The van der Waals surface area contributed by atoms with Crippen molar-refractivity contribution in [2.75, 3.05) is 11.4 Å². The Kier molecular flexibility index (Phi) is 3.20. The van der Waals surface area contributed by atoms with Crippen LogP contribution in [0.2, 0.25) is 0 Å². The van der Waals surface area contributed by atoms with Gasteiger partial charge in [0, 0.05) is 12.2 Å². The number of carbonyl (C=O) groups is 1. The molecule has 0 spiro atoms. The molecule has 0 aliphatic heterocycles. The lowest BCUT2D eigenvalue weighted by Crippen LogP contribution is -2.20. The first-order valence-corrected chi connectivity index (χ1v) is 3.86. The van der Waals surface area contributed by atoms with E-state index < -0.39 is 0 Å². The molecule has 2 nitrogen and oxygen atoms in total. The number of benzene rings is 1. The molecule has 1 aromatic carbocycles. The molecule has 0 N–H and O–H groups in total. The zero-order valence-electron chi connectivity index (χ0n) is 7.11. The van der Waals surface area contributed by atoms with Gasteiger partial charge in [-0.15, -0.1) is 6.58 Å². The Morgan fingerprint density at radius 1 is 1.38 bits per heavy atom.